The molecule has 0 radical (unpaired) electrons. The van der Waals surface area contributed by atoms with Gasteiger partial charge in [0.2, 0.25) is 5.75 Å². The van der Waals surface area contributed by atoms with Gasteiger partial charge in [-0.05, 0) is 25.1 Å². The van der Waals surface area contributed by atoms with Crippen molar-refractivity contribution in [3.05, 3.63) is 27.8 Å². The second-order valence-corrected chi connectivity index (χ2v) is 3.62. The first-order valence-corrected chi connectivity index (χ1v) is 5.82. The Balaban J connectivity index is 3.20. The van der Waals surface area contributed by atoms with Crippen LogP contribution in [0.4, 0.5) is 5.69 Å². The maximum absolute atomic E-state index is 11.0. The van der Waals surface area contributed by atoms with Crippen molar-refractivity contribution in [3.8, 4) is 11.5 Å². The average Bonchev–Trinajstić information content (AvgIpc) is 2.36. The van der Waals surface area contributed by atoms with Gasteiger partial charge in [-0.25, -0.2) is 0 Å². The van der Waals surface area contributed by atoms with Crippen molar-refractivity contribution in [1.29, 1.82) is 0 Å². The highest BCUT2D eigenvalue weighted by Crippen LogP contribution is 2.38. The lowest BCUT2D eigenvalue weighted by Crippen LogP contribution is -2.12. The molecule has 1 rings (SSSR count). The van der Waals surface area contributed by atoms with E-state index in [0.29, 0.717) is 18.9 Å². The number of rotatable bonds is 7. The van der Waals surface area contributed by atoms with Crippen LogP contribution in [0.15, 0.2) is 12.1 Å². The number of methoxy groups -OCH3 is 1. The number of benzene rings is 1. The zero-order chi connectivity index (χ0) is 13.5. The minimum atomic E-state index is -0.462. The summed E-state index contributed by atoms with van der Waals surface area (Å²) >= 11 is 0. The predicted molar refractivity (Wildman–Crippen MR) is 68.2 cm³/mol. The lowest BCUT2D eigenvalue weighted by Gasteiger charge is -2.12. The van der Waals surface area contributed by atoms with Crippen LogP contribution >= 0.6 is 0 Å². The Kier molecular flexibility index (Phi) is 5.38. The van der Waals surface area contributed by atoms with Crippen molar-refractivity contribution in [2.45, 2.75) is 20.4 Å². The maximum Gasteiger partial charge on any atom is 0.315 e. The molecule has 1 aromatic carbocycles. The third-order valence-electron chi connectivity index (χ3n) is 2.37. The Morgan fingerprint density at radius 2 is 2.11 bits per heavy atom. The van der Waals surface area contributed by atoms with E-state index in [-0.39, 0.29) is 11.4 Å². The Hall–Kier alpha value is -1.82. The standard InChI is InChI=1S/C12H18N2O4/c1-4-13-8-9-6-10(14(15)16)12(17-3)11(7-9)18-5-2/h6-7,13H,4-5,8H2,1-3H3. The van der Waals surface area contributed by atoms with E-state index in [1.165, 1.54) is 13.2 Å². The van der Waals surface area contributed by atoms with E-state index in [4.69, 9.17) is 9.47 Å². The zero-order valence-electron chi connectivity index (χ0n) is 10.9. The first-order chi connectivity index (χ1) is 8.63. The van der Waals surface area contributed by atoms with Gasteiger partial charge >= 0.3 is 5.69 Å². The number of hydrogen-bond donors (Lipinski definition) is 1. The topological polar surface area (TPSA) is 73.6 Å². The van der Waals surface area contributed by atoms with Crippen molar-refractivity contribution in [2.24, 2.45) is 0 Å². The molecule has 1 N–H and O–H groups in total. The van der Waals surface area contributed by atoms with Gasteiger partial charge < -0.3 is 14.8 Å². The average molecular weight is 254 g/mol. The number of ether oxygens (including phenoxy) is 2. The van der Waals surface area contributed by atoms with Crippen molar-refractivity contribution in [3.63, 3.8) is 0 Å². The lowest BCUT2D eigenvalue weighted by molar-refractivity contribution is -0.385. The smallest absolute Gasteiger partial charge is 0.315 e. The summed E-state index contributed by atoms with van der Waals surface area (Å²) in [5.74, 6) is 0.573. The summed E-state index contributed by atoms with van der Waals surface area (Å²) < 4.78 is 10.4. The van der Waals surface area contributed by atoms with Crippen molar-refractivity contribution in [1.82, 2.24) is 5.32 Å². The number of nitro groups is 1. The molecule has 0 aliphatic rings. The first-order valence-electron chi connectivity index (χ1n) is 5.82. The van der Waals surface area contributed by atoms with Crippen LogP contribution in [0.3, 0.4) is 0 Å². The molecule has 0 aliphatic heterocycles. The van der Waals surface area contributed by atoms with Crippen molar-refractivity contribution < 1.29 is 14.4 Å². The highest BCUT2D eigenvalue weighted by molar-refractivity contribution is 5.58. The molecule has 0 fully saturated rings. The molecule has 0 heterocycles. The fraction of sp³-hybridized carbons (Fsp3) is 0.500. The molecule has 6 nitrogen and oxygen atoms in total. The Bertz CT molecular complexity index is 421. The van der Waals surface area contributed by atoms with Gasteiger partial charge in [-0.1, -0.05) is 6.92 Å². The van der Waals surface area contributed by atoms with Gasteiger partial charge in [0.05, 0.1) is 18.6 Å². The Morgan fingerprint density at radius 3 is 2.61 bits per heavy atom. The molecule has 0 bridgehead atoms. The van der Waals surface area contributed by atoms with E-state index < -0.39 is 4.92 Å². The fourth-order valence-electron chi connectivity index (χ4n) is 1.62. The maximum atomic E-state index is 11.0. The van der Waals surface area contributed by atoms with Gasteiger partial charge in [-0.15, -0.1) is 0 Å². The molecule has 0 saturated carbocycles. The van der Waals surface area contributed by atoms with Crippen LogP contribution in [0.2, 0.25) is 0 Å². The first kappa shape index (κ1) is 14.2. The molecular formula is C12H18N2O4. The molecule has 100 valence electrons. The normalized spacial score (nSPS) is 10.2. The van der Waals surface area contributed by atoms with E-state index >= 15 is 0 Å². The molecule has 6 heteroatoms. The van der Waals surface area contributed by atoms with Gasteiger partial charge in [0, 0.05) is 12.6 Å². The summed E-state index contributed by atoms with van der Waals surface area (Å²) in [6.07, 6.45) is 0. The monoisotopic (exact) mass is 254 g/mol. The number of nitro benzene ring substituents is 1. The highest BCUT2D eigenvalue weighted by atomic mass is 16.6. The van der Waals surface area contributed by atoms with Gasteiger partial charge in [-0.3, -0.25) is 10.1 Å². The lowest BCUT2D eigenvalue weighted by atomic mass is 10.1. The summed E-state index contributed by atoms with van der Waals surface area (Å²) in [4.78, 5) is 10.6. The van der Waals surface area contributed by atoms with Gasteiger partial charge in [-0.2, -0.15) is 0 Å². The van der Waals surface area contributed by atoms with E-state index in [9.17, 15) is 10.1 Å². The Morgan fingerprint density at radius 1 is 1.39 bits per heavy atom. The van der Waals surface area contributed by atoms with Crippen LogP contribution in [0.1, 0.15) is 19.4 Å². The van der Waals surface area contributed by atoms with Crippen LogP contribution in [-0.2, 0) is 6.54 Å². The molecule has 18 heavy (non-hydrogen) atoms. The minimum Gasteiger partial charge on any atom is -0.490 e. The van der Waals surface area contributed by atoms with E-state index in [2.05, 4.69) is 5.32 Å². The highest BCUT2D eigenvalue weighted by Gasteiger charge is 2.21. The summed E-state index contributed by atoms with van der Waals surface area (Å²) in [6, 6.07) is 3.27. The summed E-state index contributed by atoms with van der Waals surface area (Å²) in [5.41, 5.74) is 0.726. The molecule has 1 aromatic rings. The quantitative estimate of drug-likeness (QED) is 0.596. The van der Waals surface area contributed by atoms with E-state index in [1.807, 2.05) is 13.8 Å². The number of nitrogens with one attached hydrogen (secondary N) is 1. The summed E-state index contributed by atoms with van der Waals surface area (Å²) in [5, 5.41) is 14.1. The minimum absolute atomic E-state index is 0.0728. The van der Waals surface area contributed by atoms with E-state index in [0.717, 1.165) is 12.1 Å². The SMILES string of the molecule is CCNCc1cc(OCC)c(OC)c([N+](=O)[O-])c1. The third kappa shape index (κ3) is 3.33. The zero-order valence-corrected chi connectivity index (χ0v) is 10.9. The van der Waals surface area contributed by atoms with Gasteiger partial charge in [0.1, 0.15) is 0 Å². The molecule has 0 spiro atoms. The van der Waals surface area contributed by atoms with Crippen LogP contribution < -0.4 is 14.8 Å². The predicted octanol–water partition coefficient (Wildman–Crippen LogP) is 2.11. The van der Waals surface area contributed by atoms with Gasteiger partial charge in [0.15, 0.2) is 5.75 Å². The van der Waals surface area contributed by atoms with Crippen LogP contribution in [-0.4, -0.2) is 25.2 Å². The van der Waals surface area contributed by atoms with Crippen molar-refractivity contribution in [2.75, 3.05) is 20.3 Å². The molecule has 0 aromatic heterocycles. The second-order valence-electron chi connectivity index (χ2n) is 3.62. The summed E-state index contributed by atoms with van der Waals surface area (Å²) in [7, 11) is 1.40. The molecule has 0 unspecified atom stereocenters. The second kappa shape index (κ2) is 6.80. The summed E-state index contributed by atoms with van der Waals surface area (Å²) in [6.45, 7) is 5.58. The largest absolute Gasteiger partial charge is 0.490 e. The number of hydrogen-bond acceptors (Lipinski definition) is 5. The van der Waals surface area contributed by atoms with Gasteiger partial charge in [0.25, 0.3) is 0 Å². The third-order valence-corrected chi connectivity index (χ3v) is 2.37. The van der Waals surface area contributed by atoms with Crippen LogP contribution in [0.25, 0.3) is 0 Å². The molecule has 0 atom stereocenters. The molecule has 0 aliphatic carbocycles. The van der Waals surface area contributed by atoms with Crippen molar-refractivity contribution >= 4 is 5.69 Å². The molecular weight excluding hydrogens is 236 g/mol. The van der Waals surface area contributed by atoms with Crippen LogP contribution in [0.5, 0.6) is 11.5 Å². The molecule has 0 amide bonds. The van der Waals surface area contributed by atoms with E-state index in [1.54, 1.807) is 6.07 Å². The fourth-order valence-corrected chi connectivity index (χ4v) is 1.62. The molecule has 0 saturated heterocycles. The number of nitrogens with zero attached hydrogens (tertiary/aromatic N) is 1. The van der Waals surface area contributed by atoms with Crippen LogP contribution in [0, 0.1) is 10.1 Å². The Labute approximate surface area is 106 Å².